The fraction of sp³-hybridized carbons (Fsp3) is 0.455. The van der Waals surface area contributed by atoms with Crippen LogP contribution in [0.25, 0.3) is 0 Å². The van der Waals surface area contributed by atoms with Gasteiger partial charge in [0.1, 0.15) is 0 Å². The van der Waals surface area contributed by atoms with Crippen LogP contribution in [0, 0.1) is 29.1 Å². The van der Waals surface area contributed by atoms with Crippen LogP contribution in [0.4, 0.5) is 22.0 Å². The summed E-state index contributed by atoms with van der Waals surface area (Å²) in [6, 6.07) is -0.151. The van der Waals surface area contributed by atoms with Crippen LogP contribution >= 0.6 is 0 Å². The van der Waals surface area contributed by atoms with Gasteiger partial charge in [-0.25, -0.2) is 22.0 Å². The molecular weight excluding hydrogens is 287 g/mol. The van der Waals surface area contributed by atoms with Gasteiger partial charge in [-0.1, -0.05) is 6.92 Å². The highest BCUT2D eigenvalue weighted by molar-refractivity contribution is 6.66. The van der Waals surface area contributed by atoms with E-state index >= 15 is 0 Å². The van der Waals surface area contributed by atoms with E-state index in [4.69, 9.17) is 8.85 Å². The van der Waals surface area contributed by atoms with E-state index in [1.807, 2.05) is 0 Å². The SMILES string of the molecule is CC[Si](Cc1c(F)c(F)c(F)c(F)c1F)(OC)OC. The number of halogens is 5. The van der Waals surface area contributed by atoms with Gasteiger partial charge in [0.25, 0.3) is 0 Å². The second-order valence-electron chi connectivity index (χ2n) is 3.90. The molecule has 0 radical (unpaired) electrons. The maximum Gasteiger partial charge on any atom is 0.342 e. The zero-order chi connectivity index (χ0) is 14.8. The molecule has 0 N–H and O–H groups in total. The van der Waals surface area contributed by atoms with Crippen molar-refractivity contribution in [3.8, 4) is 0 Å². The number of benzene rings is 1. The van der Waals surface area contributed by atoms with Crippen molar-refractivity contribution in [3.05, 3.63) is 34.6 Å². The predicted octanol–water partition coefficient (Wildman–Crippen LogP) is 3.22. The van der Waals surface area contributed by atoms with Crippen molar-refractivity contribution in [2.45, 2.75) is 19.0 Å². The van der Waals surface area contributed by atoms with Gasteiger partial charge >= 0.3 is 8.56 Å². The van der Waals surface area contributed by atoms with Crippen molar-refractivity contribution in [1.82, 2.24) is 0 Å². The summed E-state index contributed by atoms with van der Waals surface area (Å²) in [7, 11) is -0.454. The Balaban J connectivity index is 3.36. The molecule has 0 fully saturated rings. The lowest BCUT2D eigenvalue weighted by atomic mass is 10.2. The van der Waals surface area contributed by atoms with Gasteiger partial charge in [-0.3, -0.25) is 0 Å². The van der Waals surface area contributed by atoms with Crippen LogP contribution < -0.4 is 0 Å². The van der Waals surface area contributed by atoms with Crippen molar-refractivity contribution in [2.24, 2.45) is 0 Å². The summed E-state index contributed by atoms with van der Waals surface area (Å²) < 4.78 is 76.3. The fourth-order valence-corrected chi connectivity index (χ4v) is 3.85. The summed E-state index contributed by atoms with van der Waals surface area (Å²) in [5.41, 5.74) is -0.895. The van der Waals surface area contributed by atoms with E-state index in [0.717, 1.165) is 0 Å². The molecule has 0 spiro atoms. The topological polar surface area (TPSA) is 18.5 Å². The lowest BCUT2D eigenvalue weighted by Crippen LogP contribution is -2.43. The maximum absolute atomic E-state index is 13.5. The van der Waals surface area contributed by atoms with Gasteiger partial charge in [-0.05, 0) is 6.04 Å². The molecule has 0 heterocycles. The molecule has 0 aliphatic rings. The van der Waals surface area contributed by atoms with Crippen molar-refractivity contribution < 1.29 is 30.8 Å². The van der Waals surface area contributed by atoms with Crippen LogP contribution in [0.3, 0.4) is 0 Å². The minimum absolute atomic E-state index is 0.305. The van der Waals surface area contributed by atoms with E-state index < -0.39 is 49.3 Å². The van der Waals surface area contributed by atoms with Crippen LogP contribution in [-0.4, -0.2) is 22.8 Å². The first-order valence-corrected chi connectivity index (χ1v) is 7.67. The van der Waals surface area contributed by atoms with Crippen molar-refractivity contribution in [3.63, 3.8) is 0 Å². The molecule has 0 saturated carbocycles. The van der Waals surface area contributed by atoms with Crippen LogP contribution in [0.1, 0.15) is 12.5 Å². The molecule has 0 bridgehead atoms. The molecule has 0 aliphatic carbocycles. The van der Waals surface area contributed by atoms with Gasteiger partial charge < -0.3 is 8.85 Å². The number of rotatable bonds is 5. The molecular formula is C11H13F5O2Si. The summed E-state index contributed by atoms with van der Waals surface area (Å²) >= 11 is 0. The van der Waals surface area contributed by atoms with E-state index in [1.165, 1.54) is 14.2 Å². The Kier molecular flexibility index (Phi) is 5.05. The van der Waals surface area contributed by atoms with Crippen LogP contribution in [-0.2, 0) is 14.9 Å². The quantitative estimate of drug-likeness (QED) is 0.360. The zero-order valence-corrected chi connectivity index (χ0v) is 11.6. The predicted molar refractivity (Wildman–Crippen MR) is 60.2 cm³/mol. The third-order valence-corrected chi connectivity index (χ3v) is 6.49. The summed E-state index contributed by atoms with van der Waals surface area (Å²) in [6.07, 6.45) is 0. The van der Waals surface area contributed by atoms with E-state index in [0.29, 0.717) is 6.04 Å². The minimum Gasteiger partial charge on any atom is -0.397 e. The number of hydrogen-bond acceptors (Lipinski definition) is 2. The van der Waals surface area contributed by atoms with Gasteiger partial charge in [0, 0.05) is 25.8 Å². The molecule has 19 heavy (non-hydrogen) atoms. The van der Waals surface area contributed by atoms with Gasteiger partial charge in [0.15, 0.2) is 23.3 Å². The van der Waals surface area contributed by atoms with Crippen molar-refractivity contribution >= 4 is 8.56 Å². The first-order chi connectivity index (χ1) is 8.83. The van der Waals surface area contributed by atoms with E-state index in [-0.39, 0.29) is 0 Å². The zero-order valence-electron chi connectivity index (χ0n) is 10.6. The van der Waals surface area contributed by atoms with E-state index in [9.17, 15) is 22.0 Å². The smallest absolute Gasteiger partial charge is 0.342 e. The lowest BCUT2D eigenvalue weighted by Gasteiger charge is -2.26. The van der Waals surface area contributed by atoms with Crippen LogP contribution in [0.15, 0.2) is 0 Å². The molecule has 1 rings (SSSR count). The molecule has 1 aromatic rings. The van der Waals surface area contributed by atoms with Gasteiger partial charge in [-0.15, -0.1) is 0 Å². The Morgan fingerprint density at radius 3 is 1.47 bits per heavy atom. The largest absolute Gasteiger partial charge is 0.397 e. The Bertz CT molecular complexity index is 439. The molecule has 0 saturated heterocycles. The Morgan fingerprint density at radius 1 is 0.789 bits per heavy atom. The van der Waals surface area contributed by atoms with E-state index in [1.54, 1.807) is 6.92 Å². The Hall–Kier alpha value is -0.993. The summed E-state index contributed by atoms with van der Waals surface area (Å²) in [5.74, 6) is -9.76. The average Bonchev–Trinajstić information content (AvgIpc) is 2.44. The Labute approximate surface area is 108 Å². The first kappa shape index (κ1) is 16.1. The second-order valence-corrected chi connectivity index (χ2v) is 7.60. The van der Waals surface area contributed by atoms with Crippen molar-refractivity contribution in [2.75, 3.05) is 14.2 Å². The second kappa shape index (κ2) is 5.97. The average molecular weight is 300 g/mol. The maximum atomic E-state index is 13.5. The number of hydrogen-bond donors (Lipinski definition) is 0. The van der Waals surface area contributed by atoms with Crippen LogP contribution in [0.5, 0.6) is 0 Å². The minimum atomic E-state index is -3.02. The monoisotopic (exact) mass is 300 g/mol. The molecule has 0 amide bonds. The molecule has 0 atom stereocenters. The van der Waals surface area contributed by atoms with E-state index in [2.05, 4.69) is 0 Å². The highest BCUT2D eigenvalue weighted by Crippen LogP contribution is 2.27. The van der Waals surface area contributed by atoms with Gasteiger partial charge in [0.05, 0.1) is 0 Å². The third-order valence-electron chi connectivity index (χ3n) is 3.03. The Morgan fingerprint density at radius 2 is 1.16 bits per heavy atom. The molecule has 0 aliphatic heterocycles. The lowest BCUT2D eigenvalue weighted by molar-refractivity contribution is 0.240. The molecule has 0 aromatic heterocycles. The molecule has 0 unspecified atom stereocenters. The summed E-state index contributed by atoms with van der Waals surface area (Å²) in [4.78, 5) is 0. The fourth-order valence-electron chi connectivity index (χ4n) is 1.72. The summed E-state index contributed by atoms with van der Waals surface area (Å²) in [6.45, 7) is 1.66. The standard InChI is InChI=1S/C11H13F5O2Si/c1-4-19(17-2,18-3)5-6-7(12)9(14)11(16)10(15)8(6)13/h4-5H2,1-3H3. The summed E-state index contributed by atoms with van der Waals surface area (Å²) in [5, 5.41) is 0. The van der Waals surface area contributed by atoms with Crippen molar-refractivity contribution in [1.29, 1.82) is 0 Å². The molecule has 2 nitrogen and oxygen atoms in total. The molecule has 8 heteroatoms. The normalized spacial score (nSPS) is 12.0. The highest BCUT2D eigenvalue weighted by atomic mass is 28.4. The molecule has 108 valence electrons. The first-order valence-electron chi connectivity index (χ1n) is 5.44. The van der Waals surface area contributed by atoms with Gasteiger partial charge in [0.2, 0.25) is 5.82 Å². The third kappa shape index (κ3) is 2.80. The molecule has 1 aromatic carbocycles. The van der Waals surface area contributed by atoms with Crippen LogP contribution in [0.2, 0.25) is 6.04 Å². The highest BCUT2D eigenvalue weighted by Gasteiger charge is 2.38. The van der Waals surface area contributed by atoms with Gasteiger partial charge in [-0.2, -0.15) is 0 Å².